The average molecular weight is 456 g/mol. The van der Waals surface area contributed by atoms with E-state index in [2.05, 4.69) is 25.1 Å². The third-order valence-corrected chi connectivity index (χ3v) is 9.25. The van der Waals surface area contributed by atoms with Gasteiger partial charge < -0.3 is 14.9 Å². The molecule has 3 aliphatic carbocycles. The van der Waals surface area contributed by atoms with Gasteiger partial charge in [0.15, 0.2) is 0 Å². The molecule has 4 nitrogen and oxygen atoms in total. The molecule has 0 spiro atoms. The van der Waals surface area contributed by atoms with E-state index in [-0.39, 0.29) is 17.2 Å². The maximum atomic E-state index is 11.5. The van der Waals surface area contributed by atoms with Gasteiger partial charge in [0.25, 0.3) is 0 Å². The summed E-state index contributed by atoms with van der Waals surface area (Å²) in [6.45, 7) is 2.28. The molecule has 0 aromatic heterocycles. The Kier molecular flexibility index (Phi) is 5.18. The highest BCUT2D eigenvalue weighted by molar-refractivity contribution is 6.02. The van der Waals surface area contributed by atoms with Crippen LogP contribution in [-0.4, -0.2) is 35.7 Å². The van der Waals surface area contributed by atoms with Gasteiger partial charge in [-0.05, 0) is 95.4 Å². The monoisotopic (exact) mass is 455 g/mol. The summed E-state index contributed by atoms with van der Waals surface area (Å²) in [5, 5.41) is 24.1. The first-order valence-electron chi connectivity index (χ1n) is 12.6. The fourth-order valence-electron chi connectivity index (χ4n) is 7.41. The van der Waals surface area contributed by atoms with Crippen molar-refractivity contribution in [3.8, 4) is 11.5 Å². The minimum atomic E-state index is -0.455. The van der Waals surface area contributed by atoms with Gasteiger partial charge in [-0.15, -0.1) is 0 Å². The van der Waals surface area contributed by atoms with Crippen LogP contribution in [0.2, 0.25) is 0 Å². The molecule has 6 rings (SSSR count). The molecule has 0 radical (unpaired) electrons. The Hall–Kier alpha value is -2.85. The minimum absolute atomic E-state index is 0.103. The summed E-state index contributed by atoms with van der Waals surface area (Å²) in [4.78, 5) is 4.91. The average Bonchev–Trinajstić information content (AvgIpc) is 3.13. The van der Waals surface area contributed by atoms with Crippen molar-refractivity contribution in [1.29, 1.82) is 0 Å². The number of methoxy groups -OCH3 is 1. The van der Waals surface area contributed by atoms with Crippen LogP contribution in [0.5, 0.6) is 11.5 Å². The Morgan fingerprint density at radius 1 is 1.09 bits per heavy atom. The lowest BCUT2D eigenvalue weighted by Crippen LogP contribution is -2.44. The molecule has 3 aliphatic rings. The van der Waals surface area contributed by atoms with Crippen molar-refractivity contribution in [2.75, 3.05) is 7.11 Å². The number of phenolic OH excluding ortho intramolecular Hbond substituents is 1. The molecule has 0 amide bonds. The van der Waals surface area contributed by atoms with Crippen molar-refractivity contribution >= 4 is 17.0 Å². The van der Waals surface area contributed by atoms with Gasteiger partial charge in [0.2, 0.25) is 0 Å². The predicted molar refractivity (Wildman–Crippen MR) is 136 cm³/mol. The number of hydrogen-bond donors (Lipinski definition) is 2. The van der Waals surface area contributed by atoms with E-state index in [0.717, 1.165) is 47.8 Å². The third kappa shape index (κ3) is 3.26. The molecule has 0 heterocycles. The predicted octanol–water partition coefficient (Wildman–Crippen LogP) is 5.87. The molecule has 2 N–H and O–H groups in total. The first kappa shape index (κ1) is 21.7. The normalized spacial score (nSPS) is 32.4. The largest absolute Gasteiger partial charge is 0.507 e. The molecule has 6 atom stereocenters. The van der Waals surface area contributed by atoms with Gasteiger partial charge in [0.1, 0.15) is 11.5 Å². The number of nitrogens with zero attached hydrogens (tertiary/aromatic N) is 1. The van der Waals surface area contributed by atoms with Crippen molar-refractivity contribution in [3.63, 3.8) is 0 Å². The minimum Gasteiger partial charge on any atom is -0.507 e. The lowest BCUT2D eigenvalue weighted by molar-refractivity contribution is -0.0254. The number of fused-ring (bicyclic) bond motifs is 6. The fraction of sp³-hybridized carbons (Fsp3) is 0.433. The maximum absolute atomic E-state index is 11.5. The quantitative estimate of drug-likeness (QED) is 0.486. The second kappa shape index (κ2) is 8.13. The molecular weight excluding hydrogens is 422 g/mol. The van der Waals surface area contributed by atoms with E-state index in [1.807, 2.05) is 30.3 Å². The fourth-order valence-corrected chi connectivity index (χ4v) is 7.41. The summed E-state index contributed by atoms with van der Waals surface area (Å²) in [5.41, 5.74) is 3.56. The molecular formula is C30H33NO3. The van der Waals surface area contributed by atoms with Crippen LogP contribution in [0, 0.1) is 17.3 Å². The van der Waals surface area contributed by atoms with Crippen LogP contribution in [0.1, 0.15) is 55.2 Å². The van der Waals surface area contributed by atoms with E-state index in [1.165, 1.54) is 17.5 Å². The van der Waals surface area contributed by atoms with E-state index in [0.29, 0.717) is 17.8 Å². The number of rotatable bonds is 3. The SMILES string of the molecule is COc1ccc2c(c1)CC[C@@H]1[C@@H]2CC[C@]2(C)[C@@H](O)[C@@H](N=Cc3c(O)ccc4ccccc34)C[C@@H]12. The third-order valence-electron chi connectivity index (χ3n) is 9.25. The second-order valence-corrected chi connectivity index (χ2v) is 10.8. The molecule has 2 fully saturated rings. The summed E-state index contributed by atoms with van der Waals surface area (Å²) in [6, 6.07) is 18.2. The van der Waals surface area contributed by atoms with E-state index in [9.17, 15) is 10.2 Å². The zero-order valence-electron chi connectivity index (χ0n) is 19.9. The van der Waals surface area contributed by atoms with E-state index < -0.39 is 6.10 Å². The number of aryl methyl sites for hydroxylation is 1. The molecule has 34 heavy (non-hydrogen) atoms. The summed E-state index contributed by atoms with van der Waals surface area (Å²) in [5.74, 6) is 2.78. The highest BCUT2D eigenvalue weighted by Gasteiger charge is 2.58. The van der Waals surface area contributed by atoms with Crippen LogP contribution in [0.15, 0.2) is 59.6 Å². The van der Waals surface area contributed by atoms with Gasteiger partial charge in [-0.3, -0.25) is 4.99 Å². The van der Waals surface area contributed by atoms with Crippen LogP contribution in [0.25, 0.3) is 10.8 Å². The van der Waals surface area contributed by atoms with Gasteiger partial charge in [0, 0.05) is 11.8 Å². The zero-order chi connectivity index (χ0) is 23.4. The summed E-state index contributed by atoms with van der Waals surface area (Å²) in [6.07, 6.45) is 6.64. The van der Waals surface area contributed by atoms with Crippen molar-refractivity contribution in [3.05, 3.63) is 71.3 Å². The van der Waals surface area contributed by atoms with Crippen LogP contribution in [0.3, 0.4) is 0 Å². The Bertz CT molecular complexity index is 1270. The Morgan fingerprint density at radius 3 is 2.79 bits per heavy atom. The number of aromatic hydroxyl groups is 1. The molecule has 0 bridgehead atoms. The topological polar surface area (TPSA) is 62.0 Å². The molecule has 3 aromatic carbocycles. The highest BCUT2D eigenvalue weighted by atomic mass is 16.5. The summed E-state index contributed by atoms with van der Waals surface area (Å²) in [7, 11) is 1.73. The maximum Gasteiger partial charge on any atom is 0.124 e. The van der Waals surface area contributed by atoms with Crippen molar-refractivity contribution in [2.45, 2.75) is 57.1 Å². The van der Waals surface area contributed by atoms with Gasteiger partial charge in [-0.25, -0.2) is 0 Å². The lowest BCUT2D eigenvalue weighted by atomic mass is 9.55. The van der Waals surface area contributed by atoms with Crippen molar-refractivity contribution in [1.82, 2.24) is 0 Å². The second-order valence-electron chi connectivity index (χ2n) is 10.8. The van der Waals surface area contributed by atoms with Crippen LogP contribution in [0.4, 0.5) is 0 Å². The summed E-state index contributed by atoms with van der Waals surface area (Å²) < 4.78 is 5.46. The number of hydrogen-bond acceptors (Lipinski definition) is 4. The van der Waals surface area contributed by atoms with E-state index in [4.69, 9.17) is 9.73 Å². The van der Waals surface area contributed by atoms with Gasteiger partial charge in [-0.2, -0.15) is 0 Å². The molecule has 4 heteroatoms. The van der Waals surface area contributed by atoms with Crippen LogP contribution >= 0.6 is 0 Å². The number of phenols is 1. The van der Waals surface area contributed by atoms with Gasteiger partial charge in [-0.1, -0.05) is 43.3 Å². The Morgan fingerprint density at radius 2 is 1.94 bits per heavy atom. The Balaban J connectivity index is 1.29. The number of aliphatic imine (C=N–C) groups is 1. The van der Waals surface area contributed by atoms with Gasteiger partial charge >= 0.3 is 0 Å². The molecule has 2 saturated carbocycles. The molecule has 176 valence electrons. The van der Waals surface area contributed by atoms with Crippen molar-refractivity contribution < 1.29 is 14.9 Å². The number of ether oxygens (including phenoxy) is 1. The first-order chi connectivity index (χ1) is 16.5. The molecule has 3 aromatic rings. The van der Waals surface area contributed by atoms with Crippen molar-refractivity contribution in [2.24, 2.45) is 22.2 Å². The zero-order valence-corrected chi connectivity index (χ0v) is 19.9. The van der Waals surface area contributed by atoms with E-state index in [1.54, 1.807) is 19.4 Å². The van der Waals surface area contributed by atoms with Gasteiger partial charge in [0.05, 0.1) is 19.3 Å². The molecule has 0 saturated heterocycles. The molecule has 0 aliphatic heterocycles. The molecule has 0 unspecified atom stereocenters. The number of aliphatic hydroxyl groups is 1. The first-order valence-corrected chi connectivity index (χ1v) is 12.6. The van der Waals surface area contributed by atoms with Crippen LogP contribution < -0.4 is 4.74 Å². The standard InChI is InChI=1S/C30H33NO3/c1-30-14-13-23-22-11-9-20(34-2)15-19(22)7-10-24(23)26(30)16-27(29(30)33)31-17-25-21-6-4-3-5-18(21)8-12-28(25)32/h3-6,8-9,11-12,15,17,23-24,26-27,29,32-33H,7,10,13-14,16H2,1-2H3/t23-,24-,26+,27+,29+,30+/m1/s1. The number of benzene rings is 3. The lowest BCUT2D eigenvalue weighted by Gasteiger charge is -2.50. The van der Waals surface area contributed by atoms with E-state index >= 15 is 0 Å². The van der Waals surface area contributed by atoms with Crippen LogP contribution in [-0.2, 0) is 6.42 Å². The Labute approximate surface area is 201 Å². The smallest absolute Gasteiger partial charge is 0.124 e. The highest BCUT2D eigenvalue weighted by Crippen LogP contribution is 2.61. The number of aliphatic hydroxyl groups excluding tert-OH is 1. The summed E-state index contributed by atoms with van der Waals surface area (Å²) >= 11 is 0.